The van der Waals surface area contributed by atoms with Crippen molar-refractivity contribution < 1.29 is 4.74 Å². The molecule has 0 bridgehead atoms. The first-order valence-corrected chi connectivity index (χ1v) is 6.90. The van der Waals surface area contributed by atoms with Crippen LogP contribution in [0.4, 0.5) is 0 Å². The number of hydrogen-bond acceptors (Lipinski definition) is 2. The Labute approximate surface area is 106 Å². The van der Waals surface area contributed by atoms with Gasteiger partial charge in [-0.1, -0.05) is 19.9 Å². The van der Waals surface area contributed by atoms with E-state index in [1.54, 1.807) is 0 Å². The molecular formula is C15H27NO. The molecule has 1 aliphatic heterocycles. The van der Waals surface area contributed by atoms with Gasteiger partial charge in [-0.15, -0.1) is 0 Å². The number of nitrogens with one attached hydrogen (secondary N) is 1. The number of hydrogen-bond donors (Lipinski definition) is 1. The monoisotopic (exact) mass is 237 g/mol. The van der Waals surface area contributed by atoms with Crippen LogP contribution in [0.2, 0.25) is 0 Å². The summed E-state index contributed by atoms with van der Waals surface area (Å²) < 4.78 is 6.32. The van der Waals surface area contributed by atoms with Gasteiger partial charge in [-0.2, -0.15) is 0 Å². The van der Waals surface area contributed by atoms with Crippen LogP contribution >= 0.6 is 0 Å². The summed E-state index contributed by atoms with van der Waals surface area (Å²) in [5, 5.41) is 3.23. The van der Waals surface area contributed by atoms with Gasteiger partial charge in [0.05, 0.1) is 0 Å². The molecule has 1 saturated heterocycles. The minimum Gasteiger partial charge on any atom is -0.487 e. The molecule has 1 heterocycles. The number of rotatable bonds is 5. The zero-order valence-electron chi connectivity index (χ0n) is 11.8. The molecule has 1 fully saturated rings. The summed E-state index contributed by atoms with van der Waals surface area (Å²) in [6.45, 7) is 7.53. The van der Waals surface area contributed by atoms with Gasteiger partial charge >= 0.3 is 0 Å². The molecule has 0 spiro atoms. The fourth-order valence-electron chi connectivity index (χ4n) is 2.43. The maximum absolute atomic E-state index is 6.32. The number of ether oxygens (including phenoxy) is 1. The van der Waals surface area contributed by atoms with Crippen molar-refractivity contribution in [2.45, 2.75) is 58.5 Å². The zero-order valence-corrected chi connectivity index (χ0v) is 11.8. The van der Waals surface area contributed by atoms with E-state index < -0.39 is 0 Å². The molecule has 1 rings (SSSR count). The van der Waals surface area contributed by atoms with Crippen LogP contribution in [0.1, 0.15) is 52.9 Å². The minimum absolute atomic E-state index is 0.0521. The summed E-state index contributed by atoms with van der Waals surface area (Å²) >= 11 is 0. The van der Waals surface area contributed by atoms with Crippen molar-refractivity contribution >= 4 is 0 Å². The van der Waals surface area contributed by atoms with Crippen LogP contribution in [0.15, 0.2) is 23.5 Å². The third-order valence-electron chi connectivity index (χ3n) is 3.71. The molecular weight excluding hydrogens is 210 g/mol. The Bertz CT molecular complexity index is 293. The fourth-order valence-corrected chi connectivity index (χ4v) is 2.43. The molecule has 98 valence electrons. The van der Waals surface area contributed by atoms with E-state index in [0.29, 0.717) is 0 Å². The maximum atomic E-state index is 6.32. The lowest BCUT2D eigenvalue weighted by Gasteiger charge is -2.40. The highest BCUT2D eigenvalue weighted by Crippen LogP contribution is 2.38. The largest absolute Gasteiger partial charge is 0.487 e. The first-order valence-electron chi connectivity index (χ1n) is 6.90. The van der Waals surface area contributed by atoms with Gasteiger partial charge in [-0.25, -0.2) is 0 Å². The summed E-state index contributed by atoms with van der Waals surface area (Å²) in [7, 11) is 2.01. The molecule has 1 aliphatic rings. The van der Waals surface area contributed by atoms with E-state index in [2.05, 4.69) is 38.2 Å². The van der Waals surface area contributed by atoms with E-state index in [1.165, 1.54) is 5.57 Å². The smallest absolute Gasteiger partial charge is 0.119 e. The summed E-state index contributed by atoms with van der Waals surface area (Å²) in [6, 6.07) is 0. The standard InChI is InChI=1S/C15H27NO/c1-5-8-14-13(6-2)9-10-15(7-3,17-14)11-12-16-4/h6,8,16H,5,7,9-12H2,1-4H3/b13-6-,14-8+. The Hall–Kier alpha value is -0.760. The third-order valence-corrected chi connectivity index (χ3v) is 3.71. The zero-order chi connectivity index (χ0) is 12.7. The predicted molar refractivity (Wildman–Crippen MR) is 74.0 cm³/mol. The Morgan fingerprint density at radius 2 is 2.18 bits per heavy atom. The van der Waals surface area contributed by atoms with Crippen LogP contribution < -0.4 is 5.32 Å². The normalized spacial score (nSPS) is 29.6. The molecule has 0 aliphatic carbocycles. The summed E-state index contributed by atoms with van der Waals surface area (Å²) in [4.78, 5) is 0. The van der Waals surface area contributed by atoms with Crippen LogP contribution in [0.5, 0.6) is 0 Å². The molecule has 2 nitrogen and oxygen atoms in total. The lowest BCUT2D eigenvalue weighted by molar-refractivity contribution is -0.0268. The van der Waals surface area contributed by atoms with Crippen molar-refractivity contribution in [1.29, 1.82) is 0 Å². The average Bonchev–Trinajstić information content (AvgIpc) is 2.37. The summed E-state index contributed by atoms with van der Waals surface area (Å²) in [5.41, 5.74) is 1.43. The van der Waals surface area contributed by atoms with Crippen molar-refractivity contribution in [1.82, 2.24) is 5.32 Å². The highest BCUT2D eigenvalue weighted by atomic mass is 16.5. The van der Waals surface area contributed by atoms with E-state index in [0.717, 1.165) is 44.4 Å². The Balaban J connectivity index is 2.81. The van der Waals surface area contributed by atoms with Crippen molar-refractivity contribution in [3.8, 4) is 0 Å². The highest BCUT2D eigenvalue weighted by Gasteiger charge is 2.35. The highest BCUT2D eigenvalue weighted by molar-refractivity contribution is 5.28. The van der Waals surface area contributed by atoms with Gasteiger partial charge in [0.25, 0.3) is 0 Å². The van der Waals surface area contributed by atoms with Gasteiger partial charge in [0.1, 0.15) is 11.4 Å². The second kappa shape index (κ2) is 6.85. The van der Waals surface area contributed by atoms with Crippen molar-refractivity contribution in [3.63, 3.8) is 0 Å². The fraction of sp³-hybridized carbons (Fsp3) is 0.733. The lowest BCUT2D eigenvalue weighted by Crippen LogP contribution is -2.38. The minimum atomic E-state index is 0.0521. The molecule has 1 unspecified atom stereocenters. The van der Waals surface area contributed by atoms with Gasteiger partial charge in [0, 0.05) is 0 Å². The van der Waals surface area contributed by atoms with Crippen LogP contribution in [0.3, 0.4) is 0 Å². The predicted octanol–water partition coefficient (Wildman–Crippen LogP) is 3.80. The molecule has 17 heavy (non-hydrogen) atoms. The first-order chi connectivity index (χ1) is 8.21. The van der Waals surface area contributed by atoms with Crippen molar-refractivity contribution in [3.05, 3.63) is 23.5 Å². The van der Waals surface area contributed by atoms with Crippen molar-refractivity contribution in [2.75, 3.05) is 13.6 Å². The van der Waals surface area contributed by atoms with Crippen LogP contribution in [0, 0.1) is 0 Å². The van der Waals surface area contributed by atoms with E-state index in [9.17, 15) is 0 Å². The Kier molecular flexibility index (Phi) is 5.76. The van der Waals surface area contributed by atoms with Gasteiger partial charge < -0.3 is 10.1 Å². The van der Waals surface area contributed by atoms with E-state index in [1.807, 2.05) is 7.05 Å². The van der Waals surface area contributed by atoms with E-state index >= 15 is 0 Å². The molecule has 0 saturated carbocycles. The molecule has 0 aromatic carbocycles. The second-order valence-corrected chi connectivity index (χ2v) is 4.78. The second-order valence-electron chi connectivity index (χ2n) is 4.78. The van der Waals surface area contributed by atoms with Crippen LogP contribution in [0.25, 0.3) is 0 Å². The molecule has 0 aromatic rings. The maximum Gasteiger partial charge on any atom is 0.119 e. The van der Waals surface area contributed by atoms with Gasteiger partial charge in [-0.05, 0) is 64.3 Å². The molecule has 0 aromatic heterocycles. The molecule has 0 radical (unpaired) electrons. The topological polar surface area (TPSA) is 21.3 Å². The van der Waals surface area contributed by atoms with Crippen LogP contribution in [-0.2, 0) is 4.74 Å². The molecule has 2 heteroatoms. The molecule has 1 atom stereocenters. The SMILES string of the molecule is C/C=C1/CCC(CC)(CCNC)O/C1=C/CC. The van der Waals surface area contributed by atoms with Crippen LogP contribution in [-0.4, -0.2) is 19.2 Å². The van der Waals surface area contributed by atoms with Gasteiger partial charge in [-0.3, -0.25) is 0 Å². The van der Waals surface area contributed by atoms with E-state index in [4.69, 9.17) is 4.74 Å². The first kappa shape index (κ1) is 14.3. The van der Waals surface area contributed by atoms with E-state index in [-0.39, 0.29) is 5.60 Å². The van der Waals surface area contributed by atoms with Crippen molar-refractivity contribution in [2.24, 2.45) is 0 Å². The Morgan fingerprint density at radius 1 is 1.41 bits per heavy atom. The average molecular weight is 237 g/mol. The quantitative estimate of drug-likeness (QED) is 0.785. The Morgan fingerprint density at radius 3 is 2.71 bits per heavy atom. The molecule has 0 amide bonds. The lowest BCUT2D eigenvalue weighted by atomic mass is 9.85. The number of allylic oxidation sites excluding steroid dienone is 3. The van der Waals surface area contributed by atoms with Gasteiger partial charge in [0.2, 0.25) is 0 Å². The van der Waals surface area contributed by atoms with Gasteiger partial charge in [0.15, 0.2) is 0 Å². The third kappa shape index (κ3) is 3.60. The summed E-state index contributed by atoms with van der Waals surface area (Å²) in [6.07, 6.45) is 9.94. The molecule has 1 N–H and O–H groups in total. The summed E-state index contributed by atoms with van der Waals surface area (Å²) in [5.74, 6) is 1.12.